The van der Waals surface area contributed by atoms with Crippen molar-refractivity contribution in [3.63, 3.8) is 0 Å². The Bertz CT molecular complexity index is 858. The van der Waals surface area contributed by atoms with Gasteiger partial charge in [-0.15, -0.1) is 10.2 Å². The molecule has 0 spiro atoms. The maximum atomic E-state index is 6.07. The van der Waals surface area contributed by atoms with Gasteiger partial charge in [0.25, 0.3) is 0 Å². The van der Waals surface area contributed by atoms with E-state index in [1.807, 2.05) is 6.92 Å². The van der Waals surface area contributed by atoms with E-state index in [1.165, 1.54) is 0 Å². The standard InChI is InChI=1S/C16H14Cl2N4O2S/c1-2-25-16-21-19-10-22(16)20-8-11-6-7-12(24-11)9-23-15-13(17)4-3-5-14(15)18/h3-8,10H,2,9H2,1H3. The van der Waals surface area contributed by atoms with Crippen LogP contribution in [0.15, 0.2) is 51.3 Å². The molecule has 0 atom stereocenters. The van der Waals surface area contributed by atoms with Crippen molar-refractivity contribution in [3.05, 3.63) is 58.2 Å². The Morgan fingerprint density at radius 3 is 2.84 bits per heavy atom. The number of rotatable bonds is 7. The van der Waals surface area contributed by atoms with E-state index in [-0.39, 0.29) is 6.61 Å². The molecule has 6 nitrogen and oxygen atoms in total. The van der Waals surface area contributed by atoms with Crippen molar-refractivity contribution in [2.45, 2.75) is 18.7 Å². The summed E-state index contributed by atoms with van der Waals surface area (Å²) in [7, 11) is 0. The maximum absolute atomic E-state index is 6.07. The van der Waals surface area contributed by atoms with E-state index in [9.17, 15) is 0 Å². The number of halogens is 2. The van der Waals surface area contributed by atoms with Crippen molar-refractivity contribution in [2.75, 3.05) is 5.75 Å². The summed E-state index contributed by atoms with van der Waals surface area (Å²) in [5, 5.41) is 13.7. The molecule has 0 aliphatic rings. The molecular weight excluding hydrogens is 383 g/mol. The van der Waals surface area contributed by atoms with Gasteiger partial charge >= 0.3 is 0 Å². The van der Waals surface area contributed by atoms with E-state index >= 15 is 0 Å². The van der Waals surface area contributed by atoms with Crippen LogP contribution in [0.25, 0.3) is 0 Å². The zero-order valence-electron chi connectivity index (χ0n) is 13.2. The van der Waals surface area contributed by atoms with Crippen LogP contribution in [-0.2, 0) is 6.61 Å². The molecule has 0 bridgehead atoms. The molecule has 0 aliphatic heterocycles. The Morgan fingerprint density at radius 2 is 2.08 bits per heavy atom. The minimum Gasteiger partial charge on any atom is -0.483 e. The Hall–Kier alpha value is -1.96. The second-order valence-electron chi connectivity index (χ2n) is 4.78. The van der Waals surface area contributed by atoms with E-state index in [4.69, 9.17) is 32.4 Å². The summed E-state index contributed by atoms with van der Waals surface area (Å²) in [4.78, 5) is 0. The van der Waals surface area contributed by atoms with Crippen LogP contribution in [0.4, 0.5) is 0 Å². The van der Waals surface area contributed by atoms with Crippen LogP contribution >= 0.6 is 35.0 Å². The molecule has 9 heteroatoms. The summed E-state index contributed by atoms with van der Waals surface area (Å²) in [6.45, 7) is 2.25. The topological polar surface area (TPSA) is 65.4 Å². The second kappa shape index (κ2) is 8.42. The minimum atomic E-state index is 0.209. The second-order valence-corrected chi connectivity index (χ2v) is 6.82. The van der Waals surface area contributed by atoms with E-state index in [2.05, 4.69) is 15.3 Å². The summed E-state index contributed by atoms with van der Waals surface area (Å²) in [6, 6.07) is 8.80. The van der Waals surface area contributed by atoms with Crippen molar-refractivity contribution in [1.82, 2.24) is 14.9 Å². The number of thioether (sulfide) groups is 1. The van der Waals surface area contributed by atoms with Gasteiger partial charge in [0.1, 0.15) is 24.5 Å². The average molecular weight is 397 g/mol. The fourth-order valence-electron chi connectivity index (χ4n) is 1.95. The summed E-state index contributed by atoms with van der Waals surface area (Å²) >= 11 is 13.7. The van der Waals surface area contributed by atoms with Crippen molar-refractivity contribution in [3.8, 4) is 5.75 Å². The average Bonchev–Trinajstić information content (AvgIpc) is 3.22. The van der Waals surface area contributed by atoms with Crippen molar-refractivity contribution in [1.29, 1.82) is 0 Å². The normalized spacial score (nSPS) is 11.3. The van der Waals surface area contributed by atoms with Gasteiger partial charge in [-0.1, -0.05) is 48.0 Å². The van der Waals surface area contributed by atoms with Gasteiger partial charge in [-0.05, 0) is 30.0 Å². The lowest BCUT2D eigenvalue weighted by atomic mass is 10.3. The van der Waals surface area contributed by atoms with Gasteiger partial charge in [-0.2, -0.15) is 9.78 Å². The highest BCUT2D eigenvalue weighted by Gasteiger charge is 2.09. The molecule has 130 valence electrons. The largest absolute Gasteiger partial charge is 0.483 e. The van der Waals surface area contributed by atoms with E-state index in [1.54, 1.807) is 59.3 Å². The SMILES string of the molecule is CCSc1nncn1N=Cc1ccc(COc2c(Cl)cccc2Cl)o1. The molecular formula is C16H14Cl2N4O2S. The predicted octanol–water partition coefficient (Wildman–Crippen LogP) is 4.75. The monoisotopic (exact) mass is 396 g/mol. The molecule has 25 heavy (non-hydrogen) atoms. The first-order valence-electron chi connectivity index (χ1n) is 7.40. The Morgan fingerprint density at radius 1 is 1.28 bits per heavy atom. The summed E-state index contributed by atoms with van der Waals surface area (Å²) < 4.78 is 12.9. The fraction of sp³-hybridized carbons (Fsp3) is 0.188. The van der Waals surface area contributed by atoms with Gasteiger partial charge in [-0.25, -0.2) is 0 Å². The van der Waals surface area contributed by atoms with Crippen molar-refractivity contribution < 1.29 is 9.15 Å². The van der Waals surface area contributed by atoms with Gasteiger partial charge in [0.05, 0.1) is 16.3 Å². The van der Waals surface area contributed by atoms with Gasteiger partial charge in [-0.3, -0.25) is 0 Å². The van der Waals surface area contributed by atoms with E-state index in [0.717, 1.165) is 10.9 Å². The van der Waals surface area contributed by atoms with Crippen LogP contribution in [0.5, 0.6) is 5.75 Å². The van der Waals surface area contributed by atoms with Crippen molar-refractivity contribution in [2.24, 2.45) is 5.10 Å². The van der Waals surface area contributed by atoms with E-state index < -0.39 is 0 Å². The van der Waals surface area contributed by atoms with Crippen LogP contribution in [0.2, 0.25) is 10.0 Å². The third kappa shape index (κ3) is 4.56. The number of benzene rings is 1. The molecule has 3 rings (SSSR count). The summed E-state index contributed by atoms with van der Waals surface area (Å²) in [5.41, 5.74) is 0. The molecule has 0 N–H and O–H groups in total. The molecule has 2 heterocycles. The maximum Gasteiger partial charge on any atom is 0.211 e. The molecule has 3 aromatic rings. The van der Waals surface area contributed by atoms with Crippen molar-refractivity contribution >= 4 is 41.2 Å². The molecule has 2 aromatic heterocycles. The predicted molar refractivity (Wildman–Crippen MR) is 98.9 cm³/mol. The quantitative estimate of drug-likeness (QED) is 0.425. The molecule has 0 saturated heterocycles. The number of hydrogen-bond acceptors (Lipinski definition) is 6. The summed E-state index contributed by atoms with van der Waals surface area (Å²) in [5.74, 6) is 2.54. The number of ether oxygens (including phenoxy) is 1. The van der Waals surface area contributed by atoms with Crippen LogP contribution in [0.1, 0.15) is 18.4 Å². The molecule has 0 aliphatic carbocycles. The first-order valence-corrected chi connectivity index (χ1v) is 9.14. The highest BCUT2D eigenvalue weighted by atomic mass is 35.5. The zero-order valence-corrected chi connectivity index (χ0v) is 15.6. The highest BCUT2D eigenvalue weighted by Crippen LogP contribution is 2.33. The van der Waals surface area contributed by atoms with Gasteiger partial charge in [0.2, 0.25) is 5.16 Å². The smallest absolute Gasteiger partial charge is 0.211 e. The Labute approximate surface area is 158 Å². The third-order valence-corrected chi connectivity index (χ3v) is 4.45. The van der Waals surface area contributed by atoms with Gasteiger partial charge < -0.3 is 9.15 Å². The van der Waals surface area contributed by atoms with Crippen LogP contribution in [0.3, 0.4) is 0 Å². The fourth-order valence-corrected chi connectivity index (χ4v) is 3.04. The molecule has 0 radical (unpaired) electrons. The van der Waals surface area contributed by atoms with Crippen LogP contribution in [0, 0.1) is 0 Å². The number of hydrogen-bond donors (Lipinski definition) is 0. The minimum absolute atomic E-state index is 0.209. The lowest BCUT2D eigenvalue weighted by molar-refractivity contribution is 0.270. The Kier molecular flexibility index (Phi) is 6.01. The molecule has 0 unspecified atom stereocenters. The van der Waals surface area contributed by atoms with E-state index in [0.29, 0.717) is 27.3 Å². The highest BCUT2D eigenvalue weighted by molar-refractivity contribution is 7.99. The first-order chi connectivity index (χ1) is 12.2. The van der Waals surface area contributed by atoms with Crippen LogP contribution in [-0.4, -0.2) is 26.8 Å². The van der Waals surface area contributed by atoms with Crippen LogP contribution < -0.4 is 4.74 Å². The number of furan rings is 1. The zero-order chi connectivity index (χ0) is 17.6. The number of aromatic nitrogens is 3. The van der Waals surface area contributed by atoms with Gasteiger partial charge in [0.15, 0.2) is 5.75 Å². The summed E-state index contributed by atoms with van der Waals surface area (Å²) in [6.07, 6.45) is 3.13. The van der Waals surface area contributed by atoms with Gasteiger partial charge in [0, 0.05) is 0 Å². The molecule has 0 amide bonds. The Balaban J connectivity index is 1.64. The molecule has 1 aromatic carbocycles. The number of para-hydroxylation sites is 1. The third-order valence-electron chi connectivity index (χ3n) is 3.04. The lowest BCUT2D eigenvalue weighted by Crippen LogP contribution is -1.95. The molecule has 0 saturated carbocycles. The lowest BCUT2D eigenvalue weighted by Gasteiger charge is -2.07. The molecule has 0 fully saturated rings. The number of nitrogens with zero attached hydrogens (tertiary/aromatic N) is 4. The first kappa shape index (κ1) is 17.8.